The maximum Gasteiger partial charge on any atom is 0.251 e. The highest BCUT2D eigenvalue weighted by Crippen LogP contribution is 2.26. The van der Waals surface area contributed by atoms with Crippen molar-refractivity contribution < 1.29 is 19.0 Å². The first-order valence-corrected chi connectivity index (χ1v) is 7.27. The van der Waals surface area contributed by atoms with E-state index in [-0.39, 0.29) is 12.0 Å². The van der Waals surface area contributed by atoms with Crippen LogP contribution in [0.4, 0.5) is 0 Å². The Kier molecular flexibility index (Phi) is 6.00. The number of amides is 1. The van der Waals surface area contributed by atoms with Gasteiger partial charge in [-0.25, -0.2) is 0 Å². The van der Waals surface area contributed by atoms with Crippen molar-refractivity contribution >= 4 is 5.91 Å². The molecule has 2 rings (SSSR count). The predicted molar refractivity (Wildman–Crippen MR) is 88.1 cm³/mol. The van der Waals surface area contributed by atoms with Gasteiger partial charge in [0.05, 0.1) is 14.2 Å². The van der Waals surface area contributed by atoms with Gasteiger partial charge in [0.2, 0.25) is 0 Å². The Balaban J connectivity index is 2.06. The monoisotopic (exact) mass is 315 g/mol. The lowest BCUT2D eigenvalue weighted by atomic mass is 10.1. The second-order valence-electron chi connectivity index (χ2n) is 4.91. The highest BCUT2D eigenvalue weighted by Gasteiger charge is 2.17. The van der Waals surface area contributed by atoms with E-state index in [0.717, 1.165) is 11.3 Å². The molecule has 0 aromatic heterocycles. The third kappa shape index (κ3) is 4.23. The average Bonchev–Trinajstić information content (AvgIpc) is 2.62. The summed E-state index contributed by atoms with van der Waals surface area (Å²) in [6, 6.07) is 14.6. The van der Waals surface area contributed by atoms with Crippen molar-refractivity contribution in [2.24, 2.45) is 0 Å². The molecule has 5 heteroatoms. The van der Waals surface area contributed by atoms with Gasteiger partial charge < -0.3 is 19.5 Å². The van der Waals surface area contributed by atoms with E-state index in [1.807, 2.05) is 24.3 Å². The molecule has 0 aliphatic rings. The van der Waals surface area contributed by atoms with Crippen molar-refractivity contribution in [1.29, 1.82) is 0 Å². The molecule has 0 aliphatic heterocycles. The van der Waals surface area contributed by atoms with Crippen LogP contribution in [0.25, 0.3) is 0 Å². The minimum atomic E-state index is -0.291. The second kappa shape index (κ2) is 8.19. The number of para-hydroxylation sites is 1. The average molecular weight is 315 g/mol. The van der Waals surface area contributed by atoms with Crippen LogP contribution in [-0.2, 0) is 4.74 Å². The van der Waals surface area contributed by atoms with Crippen LogP contribution < -0.4 is 14.8 Å². The zero-order valence-electron chi connectivity index (χ0n) is 13.5. The summed E-state index contributed by atoms with van der Waals surface area (Å²) < 4.78 is 16.0. The third-order valence-electron chi connectivity index (χ3n) is 3.55. The van der Waals surface area contributed by atoms with Gasteiger partial charge in [-0.05, 0) is 24.3 Å². The van der Waals surface area contributed by atoms with Gasteiger partial charge in [0.15, 0.2) is 0 Å². The SMILES string of the molecule is COc1cccc(C(=O)NCC(OC)c2ccccc2OC)c1. The summed E-state index contributed by atoms with van der Waals surface area (Å²) in [5.41, 5.74) is 1.43. The Morgan fingerprint density at radius 3 is 2.52 bits per heavy atom. The van der Waals surface area contributed by atoms with E-state index in [4.69, 9.17) is 14.2 Å². The lowest BCUT2D eigenvalue weighted by Gasteiger charge is -2.19. The minimum Gasteiger partial charge on any atom is -0.497 e. The highest BCUT2D eigenvalue weighted by atomic mass is 16.5. The number of benzene rings is 2. The smallest absolute Gasteiger partial charge is 0.251 e. The van der Waals surface area contributed by atoms with Gasteiger partial charge >= 0.3 is 0 Å². The highest BCUT2D eigenvalue weighted by molar-refractivity contribution is 5.94. The van der Waals surface area contributed by atoms with Crippen LogP contribution >= 0.6 is 0 Å². The van der Waals surface area contributed by atoms with E-state index in [9.17, 15) is 4.79 Å². The van der Waals surface area contributed by atoms with Crippen LogP contribution in [0.3, 0.4) is 0 Å². The summed E-state index contributed by atoms with van der Waals surface area (Å²) in [5, 5.41) is 2.88. The van der Waals surface area contributed by atoms with Crippen molar-refractivity contribution in [2.75, 3.05) is 27.9 Å². The molecular formula is C18H21NO4. The lowest BCUT2D eigenvalue weighted by Crippen LogP contribution is -2.29. The number of hydrogen-bond donors (Lipinski definition) is 1. The van der Waals surface area contributed by atoms with E-state index in [1.54, 1.807) is 45.6 Å². The van der Waals surface area contributed by atoms with Crippen LogP contribution in [-0.4, -0.2) is 33.8 Å². The fraction of sp³-hybridized carbons (Fsp3) is 0.278. The van der Waals surface area contributed by atoms with Crippen molar-refractivity contribution in [3.8, 4) is 11.5 Å². The van der Waals surface area contributed by atoms with E-state index in [2.05, 4.69) is 5.32 Å². The Hall–Kier alpha value is -2.53. The first-order valence-electron chi connectivity index (χ1n) is 7.27. The van der Waals surface area contributed by atoms with E-state index < -0.39 is 0 Å². The molecule has 0 saturated carbocycles. The van der Waals surface area contributed by atoms with Crippen LogP contribution in [0.15, 0.2) is 48.5 Å². The molecule has 0 saturated heterocycles. The molecule has 0 spiro atoms. The molecule has 0 bridgehead atoms. The van der Waals surface area contributed by atoms with Gasteiger partial charge in [0.25, 0.3) is 5.91 Å². The van der Waals surface area contributed by atoms with E-state index in [1.165, 1.54) is 0 Å². The number of carbonyl (C=O) groups excluding carboxylic acids is 1. The number of methoxy groups -OCH3 is 3. The zero-order chi connectivity index (χ0) is 16.7. The molecule has 2 aromatic carbocycles. The first-order chi connectivity index (χ1) is 11.2. The van der Waals surface area contributed by atoms with Crippen LogP contribution in [0.1, 0.15) is 22.0 Å². The van der Waals surface area contributed by atoms with E-state index in [0.29, 0.717) is 17.9 Å². The Labute approximate surface area is 136 Å². The molecule has 0 fully saturated rings. The number of rotatable bonds is 7. The summed E-state index contributed by atoms with van der Waals surface area (Å²) in [7, 11) is 4.79. The van der Waals surface area contributed by atoms with Crippen LogP contribution in [0.2, 0.25) is 0 Å². The van der Waals surface area contributed by atoms with Gasteiger partial charge in [-0.3, -0.25) is 4.79 Å². The van der Waals surface area contributed by atoms with Crippen LogP contribution in [0.5, 0.6) is 11.5 Å². The largest absolute Gasteiger partial charge is 0.497 e. The number of carbonyl (C=O) groups is 1. The lowest BCUT2D eigenvalue weighted by molar-refractivity contribution is 0.0819. The molecule has 1 atom stereocenters. The summed E-state index contributed by atoms with van der Waals surface area (Å²) in [5.74, 6) is 1.20. The predicted octanol–water partition coefficient (Wildman–Crippen LogP) is 2.82. The molecule has 1 unspecified atom stereocenters. The Bertz CT molecular complexity index is 657. The van der Waals surface area contributed by atoms with Crippen molar-refractivity contribution in [2.45, 2.75) is 6.10 Å². The molecular weight excluding hydrogens is 294 g/mol. The van der Waals surface area contributed by atoms with Gasteiger partial charge in [0.1, 0.15) is 17.6 Å². The Morgan fingerprint density at radius 2 is 1.83 bits per heavy atom. The fourth-order valence-corrected chi connectivity index (χ4v) is 2.30. The summed E-state index contributed by atoms with van der Waals surface area (Å²) in [6.45, 7) is 0.340. The zero-order valence-corrected chi connectivity index (χ0v) is 13.5. The van der Waals surface area contributed by atoms with E-state index >= 15 is 0 Å². The standard InChI is InChI=1S/C18H21NO4/c1-21-14-8-6-7-13(11-14)18(20)19-12-17(23-3)15-9-4-5-10-16(15)22-2/h4-11,17H,12H2,1-3H3,(H,19,20). The van der Waals surface area contributed by atoms with Gasteiger partial charge in [-0.15, -0.1) is 0 Å². The fourth-order valence-electron chi connectivity index (χ4n) is 2.30. The van der Waals surface area contributed by atoms with Crippen LogP contribution in [0, 0.1) is 0 Å². The first kappa shape index (κ1) is 16.8. The molecule has 2 aromatic rings. The quantitative estimate of drug-likeness (QED) is 0.853. The number of ether oxygens (including phenoxy) is 3. The van der Waals surface area contributed by atoms with Gasteiger partial charge in [0, 0.05) is 24.8 Å². The molecule has 0 heterocycles. The van der Waals surface area contributed by atoms with Gasteiger partial charge in [-0.2, -0.15) is 0 Å². The normalized spacial score (nSPS) is 11.6. The maximum atomic E-state index is 12.3. The van der Waals surface area contributed by atoms with Crippen molar-refractivity contribution in [1.82, 2.24) is 5.32 Å². The second-order valence-corrected chi connectivity index (χ2v) is 4.91. The van der Waals surface area contributed by atoms with Gasteiger partial charge in [-0.1, -0.05) is 24.3 Å². The molecule has 1 amide bonds. The molecule has 0 radical (unpaired) electrons. The molecule has 0 aliphatic carbocycles. The van der Waals surface area contributed by atoms with Crippen molar-refractivity contribution in [3.05, 3.63) is 59.7 Å². The summed E-state index contributed by atoms with van der Waals surface area (Å²) in [4.78, 5) is 12.3. The summed E-state index contributed by atoms with van der Waals surface area (Å²) >= 11 is 0. The molecule has 23 heavy (non-hydrogen) atoms. The third-order valence-corrected chi connectivity index (χ3v) is 3.55. The maximum absolute atomic E-state index is 12.3. The molecule has 122 valence electrons. The van der Waals surface area contributed by atoms with Crippen molar-refractivity contribution in [3.63, 3.8) is 0 Å². The number of hydrogen-bond acceptors (Lipinski definition) is 4. The minimum absolute atomic E-state index is 0.180. The topological polar surface area (TPSA) is 56.8 Å². The molecule has 1 N–H and O–H groups in total. The molecule has 5 nitrogen and oxygen atoms in total. The summed E-state index contributed by atoms with van der Waals surface area (Å²) in [6.07, 6.45) is -0.291. The Morgan fingerprint density at radius 1 is 1.04 bits per heavy atom. The number of nitrogens with one attached hydrogen (secondary N) is 1.